The van der Waals surface area contributed by atoms with Crippen LogP contribution in [0.4, 0.5) is 0 Å². The zero-order valence-corrected chi connectivity index (χ0v) is 8.76. The number of aliphatic hydroxyl groups is 1. The first kappa shape index (κ1) is 10.9. The second kappa shape index (κ2) is 4.49. The summed E-state index contributed by atoms with van der Waals surface area (Å²) >= 11 is 0. The van der Waals surface area contributed by atoms with Gasteiger partial charge in [0.2, 0.25) is 0 Å². The molecule has 0 saturated heterocycles. The van der Waals surface area contributed by atoms with E-state index in [0.29, 0.717) is 12.5 Å². The van der Waals surface area contributed by atoms with Crippen LogP contribution in [0.3, 0.4) is 0 Å². The van der Waals surface area contributed by atoms with Crippen molar-refractivity contribution in [3.05, 3.63) is 24.0 Å². The average Bonchev–Trinajstić information content (AvgIpc) is 2.23. The molecule has 3 N–H and O–H groups in total. The third kappa shape index (κ3) is 2.30. The fourth-order valence-electron chi connectivity index (χ4n) is 1.76. The van der Waals surface area contributed by atoms with Gasteiger partial charge in [-0.05, 0) is 30.9 Å². The van der Waals surface area contributed by atoms with Gasteiger partial charge in [0.05, 0.1) is 6.10 Å². The van der Waals surface area contributed by atoms with Crippen molar-refractivity contribution in [1.29, 1.82) is 0 Å². The van der Waals surface area contributed by atoms with Gasteiger partial charge >= 0.3 is 0 Å². The van der Waals surface area contributed by atoms with Crippen LogP contribution in [-0.4, -0.2) is 33.8 Å². The van der Waals surface area contributed by atoms with E-state index in [9.17, 15) is 9.90 Å². The van der Waals surface area contributed by atoms with Gasteiger partial charge in [0.15, 0.2) is 5.69 Å². The maximum absolute atomic E-state index is 11.6. The summed E-state index contributed by atoms with van der Waals surface area (Å²) in [5.74, 6) is -0.155. The molecule has 1 aromatic heterocycles. The third-order valence-electron chi connectivity index (χ3n) is 2.76. The molecule has 0 radical (unpaired) electrons. The molecule has 0 spiro atoms. The first-order valence-corrected chi connectivity index (χ1v) is 5.27. The Morgan fingerprint density at radius 1 is 1.56 bits per heavy atom. The molecule has 0 bridgehead atoms. The zero-order chi connectivity index (χ0) is 11.5. The van der Waals surface area contributed by atoms with E-state index in [-0.39, 0.29) is 23.5 Å². The molecule has 1 aliphatic rings. The SMILES string of the molecule is O=C(NCC1CC(O)C1)c1ncccc1O. The van der Waals surface area contributed by atoms with E-state index in [1.54, 1.807) is 6.07 Å². The molecule has 16 heavy (non-hydrogen) atoms. The Hall–Kier alpha value is -1.62. The Balaban J connectivity index is 1.86. The quantitative estimate of drug-likeness (QED) is 0.686. The van der Waals surface area contributed by atoms with E-state index >= 15 is 0 Å². The lowest BCUT2D eigenvalue weighted by Crippen LogP contribution is -2.38. The second-order valence-electron chi connectivity index (χ2n) is 4.07. The first-order chi connectivity index (χ1) is 7.66. The molecular weight excluding hydrogens is 208 g/mol. The van der Waals surface area contributed by atoms with Crippen LogP contribution < -0.4 is 5.32 Å². The van der Waals surface area contributed by atoms with Crippen molar-refractivity contribution >= 4 is 5.91 Å². The van der Waals surface area contributed by atoms with Crippen molar-refractivity contribution in [3.63, 3.8) is 0 Å². The largest absolute Gasteiger partial charge is 0.505 e. The number of nitrogens with zero attached hydrogens (tertiary/aromatic N) is 1. The fourth-order valence-corrected chi connectivity index (χ4v) is 1.76. The number of aromatic hydroxyl groups is 1. The van der Waals surface area contributed by atoms with Crippen LogP contribution >= 0.6 is 0 Å². The molecule has 2 rings (SSSR count). The van der Waals surface area contributed by atoms with Gasteiger partial charge in [0, 0.05) is 12.7 Å². The van der Waals surface area contributed by atoms with Crippen LogP contribution in [0.5, 0.6) is 5.75 Å². The normalized spacial score (nSPS) is 23.6. The Kier molecular flexibility index (Phi) is 3.05. The molecule has 1 fully saturated rings. The number of rotatable bonds is 3. The van der Waals surface area contributed by atoms with Crippen molar-refractivity contribution in [1.82, 2.24) is 10.3 Å². The molecule has 1 saturated carbocycles. The minimum absolute atomic E-state index is 0.0439. The van der Waals surface area contributed by atoms with E-state index in [1.165, 1.54) is 12.3 Å². The predicted molar refractivity (Wildman–Crippen MR) is 57.0 cm³/mol. The highest BCUT2D eigenvalue weighted by molar-refractivity contribution is 5.94. The topological polar surface area (TPSA) is 82.5 Å². The molecular formula is C11H14N2O3. The van der Waals surface area contributed by atoms with Crippen molar-refractivity contribution in [2.45, 2.75) is 18.9 Å². The minimum atomic E-state index is -0.375. The summed E-state index contributed by atoms with van der Waals surface area (Å²) in [5.41, 5.74) is 0.0439. The average molecular weight is 222 g/mol. The predicted octanol–water partition coefficient (Wildman–Crippen LogP) is 0.288. The van der Waals surface area contributed by atoms with Crippen LogP contribution in [0.2, 0.25) is 0 Å². The Bertz CT molecular complexity index is 389. The summed E-state index contributed by atoms with van der Waals surface area (Å²) in [6.07, 6.45) is 2.70. The van der Waals surface area contributed by atoms with Crippen molar-refractivity contribution < 1.29 is 15.0 Å². The number of nitrogens with one attached hydrogen (secondary N) is 1. The third-order valence-corrected chi connectivity index (χ3v) is 2.76. The van der Waals surface area contributed by atoms with E-state index in [2.05, 4.69) is 10.3 Å². The van der Waals surface area contributed by atoms with Crippen LogP contribution in [-0.2, 0) is 0 Å². The standard InChI is InChI=1S/C11H14N2O3/c14-8-4-7(5-8)6-13-11(16)10-9(15)2-1-3-12-10/h1-3,7-8,14-15H,4-6H2,(H,13,16). The van der Waals surface area contributed by atoms with Gasteiger partial charge < -0.3 is 15.5 Å². The number of carbonyl (C=O) groups excluding carboxylic acids is 1. The second-order valence-corrected chi connectivity index (χ2v) is 4.07. The highest BCUT2D eigenvalue weighted by atomic mass is 16.3. The Morgan fingerprint density at radius 2 is 2.31 bits per heavy atom. The number of hydrogen-bond donors (Lipinski definition) is 3. The maximum Gasteiger partial charge on any atom is 0.273 e. The molecule has 5 nitrogen and oxygen atoms in total. The first-order valence-electron chi connectivity index (χ1n) is 5.27. The van der Waals surface area contributed by atoms with Gasteiger partial charge in [-0.3, -0.25) is 4.79 Å². The highest BCUT2D eigenvalue weighted by Crippen LogP contribution is 2.26. The molecule has 86 valence electrons. The monoisotopic (exact) mass is 222 g/mol. The minimum Gasteiger partial charge on any atom is -0.505 e. The zero-order valence-electron chi connectivity index (χ0n) is 8.76. The lowest BCUT2D eigenvalue weighted by atomic mass is 9.82. The molecule has 1 heterocycles. The summed E-state index contributed by atoms with van der Waals surface area (Å²) in [6, 6.07) is 2.99. The van der Waals surface area contributed by atoms with Gasteiger partial charge in [-0.2, -0.15) is 0 Å². The molecule has 0 unspecified atom stereocenters. The summed E-state index contributed by atoms with van der Waals surface area (Å²) in [5, 5.41) is 21.2. The number of hydrogen-bond acceptors (Lipinski definition) is 4. The smallest absolute Gasteiger partial charge is 0.273 e. The molecule has 1 amide bonds. The number of aromatic nitrogens is 1. The Morgan fingerprint density at radius 3 is 2.94 bits per heavy atom. The molecule has 0 aliphatic heterocycles. The van der Waals surface area contributed by atoms with Gasteiger partial charge in [-0.15, -0.1) is 0 Å². The summed E-state index contributed by atoms with van der Waals surface area (Å²) in [7, 11) is 0. The number of aliphatic hydroxyl groups excluding tert-OH is 1. The highest BCUT2D eigenvalue weighted by Gasteiger charge is 2.27. The van der Waals surface area contributed by atoms with Crippen LogP contribution in [0.1, 0.15) is 23.3 Å². The van der Waals surface area contributed by atoms with Crippen molar-refractivity contribution in [2.24, 2.45) is 5.92 Å². The van der Waals surface area contributed by atoms with Crippen LogP contribution in [0.15, 0.2) is 18.3 Å². The van der Waals surface area contributed by atoms with Crippen molar-refractivity contribution in [3.8, 4) is 5.75 Å². The van der Waals surface area contributed by atoms with Gasteiger partial charge in [-0.1, -0.05) is 0 Å². The molecule has 1 aliphatic carbocycles. The van der Waals surface area contributed by atoms with Crippen LogP contribution in [0.25, 0.3) is 0 Å². The maximum atomic E-state index is 11.6. The number of carbonyl (C=O) groups is 1. The molecule has 0 aromatic carbocycles. The number of amides is 1. The lowest BCUT2D eigenvalue weighted by Gasteiger charge is -2.31. The molecule has 0 atom stereocenters. The van der Waals surface area contributed by atoms with E-state index in [0.717, 1.165) is 12.8 Å². The van der Waals surface area contributed by atoms with Crippen molar-refractivity contribution in [2.75, 3.05) is 6.54 Å². The van der Waals surface area contributed by atoms with E-state index in [4.69, 9.17) is 5.11 Å². The van der Waals surface area contributed by atoms with E-state index in [1.807, 2.05) is 0 Å². The molecule has 1 aromatic rings. The van der Waals surface area contributed by atoms with Gasteiger partial charge in [0.1, 0.15) is 5.75 Å². The van der Waals surface area contributed by atoms with E-state index < -0.39 is 0 Å². The summed E-state index contributed by atoms with van der Waals surface area (Å²) < 4.78 is 0. The lowest BCUT2D eigenvalue weighted by molar-refractivity contribution is 0.0419. The summed E-state index contributed by atoms with van der Waals surface area (Å²) in [6.45, 7) is 0.520. The van der Waals surface area contributed by atoms with Crippen LogP contribution in [0, 0.1) is 5.92 Å². The molecule has 5 heteroatoms. The summed E-state index contributed by atoms with van der Waals surface area (Å²) in [4.78, 5) is 15.4. The Labute approximate surface area is 93.1 Å². The van der Waals surface area contributed by atoms with Gasteiger partial charge in [0.25, 0.3) is 5.91 Å². The fraction of sp³-hybridized carbons (Fsp3) is 0.455. The van der Waals surface area contributed by atoms with Gasteiger partial charge in [-0.25, -0.2) is 4.98 Å². The number of pyridine rings is 1.